The average Bonchev–Trinajstić information content (AvgIpc) is 3.36. The highest BCUT2D eigenvalue weighted by Gasteiger charge is 2.51. The molecule has 0 spiro atoms. The minimum atomic E-state index is -0.640. The third-order valence-corrected chi connectivity index (χ3v) is 5.48. The van der Waals surface area contributed by atoms with Gasteiger partial charge in [-0.3, -0.25) is 9.59 Å². The molecule has 3 rings (SSSR count). The Kier molecular flexibility index (Phi) is 7.00. The van der Waals surface area contributed by atoms with Crippen molar-refractivity contribution >= 4 is 11.9 Å². The van der Waals surface area contributed by atoms with E-state index in [1.165, 1.54) is 5.56 Å². The Balaban J connectivity index is 0.000000252. The molecule has 0 saturated heterocycles. The molecule has 134 valence electrons. The third-order valence-electron chi connectivity index (χ3n) is 5.48. The fourth-order valence-electron chi connectivity index (χ4n) is 3.73. The topological polar surface area (TPSA) is 74.6 Å². The lowest BCUT2D eigenvalue weighted by atomic mass is 10.1. The summed E-state index contributed by atoms with van der Waals surface area (Å²) in [6, 6.07) is 10.1. The van der Waals surface area contributed by atoms with Gasteiger partial charge in [-0.1, -0.05) is 65.0 Å². The van der Waals surface area contributed by atoms with Crippen LogP contribution in [0.4, 0.5) is 0 Å². The van der Waals surface area contributed by atoms with E-state index in [1.807, 2.05) is 39.0 Å². The zero-order chi connectivity index (χ0) is 17.1. The van der Waals surface area contributed by atoms with E-state index in [0.29, 0.717) is 23.7 Å². The van der Waals surface area contributed by atoms with Crippen molar-refractivity contribution in [1.29, 1.82) is 0 Å². The molecule has 4 nitrogen and oxygen atoms in total. The summed E-state index contributed by atoms with van der Waals surface area (Å²) >= 11 is 0. The maximum absolute atomic E-state index is 10.8. The van der Waals surface area contributed by atoms with Gasteiger partial charge in [-0.05, 0) is 35.7 Å². The van der Waals surface area contributed by atoms with Gasteiger partial charge in [0.1, 0.15) is 0 Å². The molecule has 2 aliphatic rings. The van der Waals surface area contributed by atoms with Crippen LogP contribution in [-0.4, -0.2) is 22.2 Å². The summed E-state index contributed by atoms with van der Waals surface area (Å²) < 4.78 is 0. The highest BCUT2D eigenvalue weighted by Crippen LogP contribution is 2.48. The molecule has 0 radical (unpaired) electrons. The molecule has 2 aliphatic carbocycles. The van der Waals surface area contributed by atoms with Gasteiger partial charge >= 0.3 is 11.9 Å². The van der Waals surface area contributed by atoms with Crippen LogP contribution in [0.1, 0.15) is 40.2 Å². The second kappa shape index (κ2) is 8.32. The molecule has 0 bridgehead atoms. The van der Waals surface area contributed by atoms with Crippen molar-refractivity contribution in [3.05, 3.63) is 35.9 Å². The standard InChI is InChI=1S/C12H14O2.C7H12O2.CH4/c1-8-10(11(8)12(13)14)7-9-5-3-2-4-6-9;1-3-5-4(2)6(5)7(8)9;/h2-6,8,10-11H,7H2,1H3,(H,13,14);4-6H,3H2,1-2H3,(H,8,9);1H4/t8-,10?,11+;4-,5?,6+;/m11./s1. The lowest BCUT2D eigenvalue weighted by Crippen LogP contribution is -2.01. The largest absolute Gasteiger partial charge is 0.481 e. The van der Waals surface area contributed by atoms with Gasteiger partial charge in [0.25, 0.3) is 0 Å². The number of carbonyl (C=O) groups is 2. The van der Waals surface area contributed by atoms with Gasteiger partial charge in [0.05, 0.1) is 11.8 Å². The molecule has 2 unspecified atom stereocenters. The summed E-state index contributed by atoms with van der Waals surface area (Å²) in [6.07, 6.45) is 1.91. The molecule has 0 aliphatic heterocycles. The molecule has 1 aromatic carbocycles. The molecule has 6 atom stereocenters. The number of hydrogen-bond acceptors (Lipinski definition) is 2. The van der Waals surface area contributed by atoms with E-state index in [0.717, 1.165) is 12.8 Å². The smallest absolute Gasteiger partial charge is 0.307 e. The number of carboxylic acids is 2. The Labute approximate surface area is 144 Å². The molecule has 24 heavy (non-hydrogen) atoms. The van der Waals surface area contributed by atoms with Crippen LogP contribution in [0, 0.1) is 35.5 Å². The SMILES string of the molecule is C.CCC1[C@@H](C)[C@@H]1C(=O)O.C[C@@H]1C(Cc2ccccc2)[C@H]1C(=O)O. The van der Waals surface area contributed by atoms with Gasteiger partial charge in [0, 0.05) is 0 Å². The highest BCUT2D eigenvalue weighted by molar-refractivity contribution is 5.74. The zero-order valence-corrected chi connectivity index (χ0v) is 14.0. The predicted octanol–water partition coefficient (Wildman–Crippen LogP) is 4.20. The summed E-state index contributed by atoms with van der Waals surface area (Å²) in [5, 5.41) is 17.4. The van der Waals surface area contributed by atoms with E-state index in [1.54, 1.807) is 0 Å². The summed E-state index contributed by atoms with van der Waals surface area (Å²) in [6.45, 7) is 6.07. The normalized spacial score (nSPS) is 32.6. The van der Waals surface area contributed by atoms with Crippen molar-refractivity contribution in [2.45, 2.75) is 41.0 Å². The lowest BCUT2D eigenvalue weighted by molar-refractivity contribution is -0.140. The number of hydrogen-bond donors (Lipinski definition) is 2. The minimum Gasteiger partial charge on any atom is -0.481 e. The fourth-order valence-corrected chi connectivity index (χ4v) is 3.73. The van der Waals surface area contributed by atoms with Crippen LogP contribution in [0.3, 0.4) is 0 Å². The van der Waals surface area contributed by atoms with Gasteiger partial charge in [0.2, 0.25) is 0 Å². The second-order valence-electron chi connectivity index (χ2n) is 6.87. The van der Waals surface area contributed by atoms with Gasteiger partial charge in [0.15, 0.2) is 0 Å². The van der Waals surface area contributed by atoms with Crippen LogP contribution in [-0.2, 0) is 16.0 Å². The van der Waals surface area contributed by atoms with Crippen molar-refractivity contribution in [3.63, 3.8) is 0 Å². The van der Waals surface area contributed by atoms with Crippen molar-refractivity contribution in [1.82, 2.24) is 0 Å². The van der Waals surface area contributed by atoms with Gasteiger partial charge in [-0.2, -0.15) is 0 Å². The molecule has 2 N–H and O–H groups in total. The first kappa shape index (κ1) is 20.2. The molecule has 1 aromatic rings. The molecular weight excluding hydrogens is 304 g/mol. The molecule has 0 heterocycles. The van der Waals surface area contributed by atoms with E-state index in [2.05, 4.69) is 12.1 Å². The van der Waals surface area contributed by atoms with E-state index >= 15 is 0 Å². The number of rotatable bonds is 5. The first-order chi connectivity index (χ1) is 10.9. The Morgan fingerprint density at radius 1 is 0.917 bits per heavy atom. The maximum Gasteiger partial charge on any atom is 0.307 e. The first-order valence-electron chi connectivity index (χ1n) is 8.38. The summed E-state index contributed by atoms with van der Waals surface area (Å²) in [7, 11) is 0. The Bertz CT molecular complexity index is 554. The van der Waals surface area contributed by atoms with Crippen molar-refractivity contribution in [2.24, 2.45) is 35.5 Å². The summed E-state index contributed by atoms with van der Waals surface area (Å²) in [5.41, 5.74) is 1.24. The maximum atomic E-state index is 10.8. The third kappa shape index (κ3) is 4.59. The average molecular weight is 334 g/mol. The Morgan fingerprint density at radius 3 is 1.71 bits per heavy atom. The van der Waals surface area contributed by atoms with E-state index < -0.39 is 11.9 Å². The predicted molar refractivity (Wildman–Crippen MR) is 94.7 cm³/mol. The van der Waals surface area contributed by atoms with E-state index in [4.69, 9.17) is 10.2 Å². The highest BCUT2D eigenvalue weighted by atomic mass is 16.4. The minimum absolute atomic E-state index is 0. The van der Waals surface area contributed by atoms with Crippen LogP contribution in [0.2, 0.25) is 0 Å². The fraction of sp³-hybridized carbons (Fsp3) is 0.600. The van der Waals surface area contributed by atoms with Crippen LogP contribution in [0.5, 0.6) is 0 Å². The zero-order valence-electron chi connectivity index (χ0n) is 14.0. The van der Waals surface area contributed by atoms with E-state index in [-0.39, 0.29) is 19.3 Å². The first-order valence-corrected chi connectivity index (χ1v) is 8.38. The summed E-state index contributed by atoms with van der Waals surface area (Å²) in [4.78, 5) is 21.1. The molecular formula is C20H30O4. The van der Waals surface area contributed by atoms with Crippen LogP contribution in [0.25, 0.3) is 0 Å². The van der Waals surface area contributed by atoms with Gasteiger partial charge in [-0.25, -0.2) is 0 Å². The van der Waals surface area contributed by atoms with Crippen molar-refractivity contribution in [2.75, 3.05) is 0 Å². The van der Waals surface area contributed by atoms with E-state index in [9.17, 15) is 9.59 Å². The molecule has 2 fully saturated rings. The van der Waals surface area contributed by atoms with Crippen molar-refractivity contribution < 1.29 is 19.8 Å². The van der Waals surface area contributed by atoms with Gasteiger partial charge < -0.3 is 10.2 Å². The lowest BCUT2D eigenvalue weighted by Gasteiger charge is -1.98. The molecule has 4 heteroatoms. The second-order valence-corrected chi connectivity index (χ2v) is 6.87. The van der Waals surface area contributed by atoms with Crippen molar-refractivity contribution in [3.8, 4) is 0 Å². The van der Waals surface area contributed by atoms with Crippen LogP contribution >= 0.6 is 0 Å². The number of aliphatic carboxylic acids is 2. The Hall–Kier alpha value is -1.84. The van der Waals surface area contributed by atoms with Crippen LogP contribution in [0.15, 0.2) is 30.3 Å². The summed E-state index contributed by atoms with van der Waals surface area (Å²) in [5.74, 6) is 0.163. The Morgan fingerprint density at radius 2 is 1.38 bits per heavy atom. The quantitative estimate of drug-likeness (QED) is 0.846. The number of carboxylic acid groups (broad SMARTS) is 2. The molecule has 0 aromatic heterocycles. The monoisotopic (exact) mass is 334 g/mol. The van der Waals surface area contributed by atoms with Crippen LogP contribution < -0.4 is 0 Å². The molecule has 0 amide bonds. The molecule has 2 saturated carbocycles. The van der Waals surface area contributed by atoms with Gasteiger partial charge in [-0.15, -0.1) is 0 Å². The number of benzene rings is 1.